The van der Waals surface area contributed by atoms with Crippen molar-refractivity contribution in [1.82, 2.24) is 0 Å². The third kappa shape index (κ3) is 8.85. The SMILES string of the molecule is C#Cc1ccc(-c2c(-c3ccc(C(C)(C)C)cc3)c(-c3ccc(C(C)(C)C)cc3)c(-c3ccc(C#C)cc3)c(-c3ccc(C(C)(C)C)cc3)c2-c2ccc(C(C)(C)C)cc2)cc1. The van der Waals surface area contributed by atoms with E-state index in [1.54, 1.807) is 0 Å². The molecule has 0 aromatic heterocycles. The van der Waals surface area contributed by atoms with Crippen molar-refractivity contribution < 1.29 is 0 Å². The highest BCUT2D eigenvalue weighted by atomic mass is 14.3. The van der Waals surface area contributed by atoms with E-state index in [2.05, 4.69) is 241 Å². The second-order valence-corrected chi connectivity index (χ2v) is 21.0. The van der Waals surface area contributed by atoms with E-state index >= 15 is 0 Å². The summed E-state index contributed by atoms with van der Waals surface area (Å²) in [6, 6.07) is 54.3. The number of hydrogen-bond donors (Lipinski definition) is 0. The first-order chi connectivity index (χ1) is 29.2. The van der Waals surface area contributed by atoms with Gasteiger partial charge in [-0.15, -0.1) is 12.8 Å². The first-order valence-electron chi connectivity index (χ1n) is 22.0. The van der Waals surface area contributed by atoms with Gasteiger partial charge in [-0.1, -0.05) is 216 Å². The van der Waals surface area contributed by atoms with Gasteiger partial charge in [0.15, 0.2) is 0 Å². The van der Waals surface area contributed by atoms with E-state index in [0.29, 0.717) is 0 Å². The second-order valence-electron chi connectivity index (χ2n) is 21.0. The lowest BCUT2D eigenvalue weighted by atomic mass is 9.73. The molecule has 0 N–H and O–H groups in total. The van der Waals surface area contributed by atoms with Gasteiger partial charge in [0.05, 0.1) is 0 Å². The van der Waals surface area contributed by atoms with Crippen LogP contribution in [0.5, 0.6) is 0 Å². The fourth-order valence-electron chi connectivity index (χ4n) is 8.50. The number of terminal acetylenes is 2. The standard InChI is InChI=1S/C62H62/c1-15-41-17-21-43(22-18-41)53-55(45-25-33-49(34-26-45)59(3,4)5)57(47-29-37-51(38-30-47)61(9,10)11)54(44-23-19-42(16-2)20-24-44)58(48-31-39-52(40-32-48)62(12,13)14)56(53)46-27-35-50(36-28-46)60(6,7)8/h1-2,17-40H,3-14H3. The van der Waals surface area contributed by atoms with Crippen molar-refractivity contribution in [1.29, 1.82) is 0 Å². The summed E-state index contributed by atoms with van der Waals surface area (Å²) in [5, 5.41) is 0. The maximum atomic E-state index is 6.01. The average Bonchev–Trinajstić information content (AvgIpc) is 3.24. The molecule has 0 radical (unpaired) electrons. The first-order valence-corrected chi connectivity index (χ1v) is 22.0. The molecule has 310 valence electrons. The Kier molecular flexibility index (Phi) is 11.6. The molecule has 0 saturated carbocycles. The van der Waals surface area contributed by atoms with Gasteiger partial charge in [-0.3, -0.25) is 0 Å². The van der Waals surface area contributed by atoms with Crippen molar-refractivity contribution in [3.8, 4) is 91.4 Å². The van der Waals surface area contributed by atoms with Gasteiger partial charge in [-0.2, -0.15) is 0 Å². The van der Waals surface area contributed by atoms with Crippen molar-refractivity contribution in [3.05, 3.63) is 179 Å². The molecule has 0 unspecified atom stereocenters. The lowest BCUT2D eigenvalue weighted by molar-refractivity contribution is 0.590. The third-order valence-electron chi connectivity index (χ3n) is 12.3. The van der Waals surface area contributed by atoms with Gasteiger partial charge >= 0.3 is 0 Å². The normalized spacial score (nSPS) is 12.2. The first kappa shape index (κ1) is 43.7. The monoisotopic (exact) mass is 806 g/mol. The highest BCUT2D eigenvalue weighted by molar-refractivity contribution is 6.15. The smallest absolute Gasteiger partial charge is 0.0243 e. The highest BCUT2D eigenvalue weighted by Gasteiger charge is 2.30. The van der Waals surface area contributed by atoms with Gasteiger partial charge < -0.3 is 0 Å². The number of rotatable bonds is 6. The van der Waals surface area contributed by atoms with Crippen LogP contribution in [0.3, 0.4) is 0 Å². The minimum Gasteiger partial charge on any atom is -0.115 e. The summed E-state index contributed by atoms with van der Waals surface area (Å²) >= 11 is 0. The van der Waals surface area contributed by atoms with Gasteiger partial charge in [0, 0.05) is 11.1 Å². The van der Waals surface area contributed by atoms with Gasteiger partial charge in [0.2, 0.25) is 0 Å². The van der Waals surface area contributed by atoms with Crippen LogP contribution in [0, 0.1) is 24.7 Å². The van der Waals surface area contributed by atoms with Crippen LogP contribution in [0.1, 0.15) is 116 Å². The van der Waals surface area contributed by atoms with Crippen LogP contribution < -0.4 is 0 Å². The molecule has 0 amide bonds. The van der Waals surface area contributed by atoms with Crippen LogP contribution in [-0.4, -0.2) is 0 Å². The van der Waals surface area contributed by atoms with E-state index < -0.39 is 0 Å². The van der Waals surface area contributed by atoms with Crippen LogP contribution in [-0.2, 0) is 21.7 Å². The quantitative estimate of drug-likeness (QED) is 0.147. The van der Waals surface area contributed by atoms with Crippen LogP contribution in [0.4, 0.5) is 0 Å². The molecule has 0 aliphatic heterocycles. The summed E-state index contributed by atoms with van der Waals surface area (Å²) in [5.74, 6) is 5.75. The fourth-order valence-corrected chi connectivity index (χ4v) is 8.50. The molecule has 0 saturated heterocycles. The Balaban J connectivity index is 1.79. The van der Waals surface area contributed by atoms with E-state index in [0.717, 1.165) is 55.6 Å². The van der Waals surface area contributed by atoms with Crippen LogP contribution in [0.25, 0.3) is 66.8 Å². The van der Waals surface area contributed by atoms with E-state index in [1.807, 2.05) is 0 Å². The Morgan fingerprint density at radius 1 is 0.242 bits per heavy atom. The van der Waals surface area contributed by atoms with Gasteiger partial charge in [-0.25, -0.2) is 0 Å². The van der Waals surface area contributed by atoms with Crippen LogP contribution in [0.15, 0.2) is 146 Å². The van der Waals surface area contributed by atoms with E-state index in [-0.39, 0.29) is 21.7 Å². The molecule has 7 aromatic carbocycles. The Bertz CT molecular complexity index is 2440. The van der Waals surface area contributed by atoms with Crippen molar-refractivity contribution >= 4 is 0 Å². The topological polar surface area (TPSA) is 0 Å². The van der Waals surface area contributed by atoms with Crippen LogP contribution in [0.2, 0.25) is 0 Å². The fraction of sp³-hybridized carbons (Fsp3) is 0.258. The summed E-state index contributed by atoms with van der Waals surface area (Å²) in [5.41, 5.74) is 20.6. The molecule has 0 heteroatoms. The molecule has 7 rings (SSSR count). The Hall–Kier alpha value is -6.34. The van der Waals surface area contributed by atoms with Gasteiger partial charge in [0.1, 0.15) is 0 Å². The maximum absolute atomic E-state index is 6.01. The molecule has 0 bridgehead atoms. The lowest BCUT2D eigenvalue weighted by Crippen LogP contribution is -2.11. The molecule has 0 aliphatic carbocycles. The molecule has 0 spiro atoms. The molecule has 62 heavy (non-hydrogen) atoms. The Labute approximate surface area is 373 Å². The Morgan fingerprint density at radius 2 is 0.387 bits per heavy atom. The predicted octanol–water partition coefficient (Wildman–Crippen LogP) is 16.8. The summed E-state index contributed by atoms with van der Waals surface area (Å²) in [7, 11) is 0. The van der Waals surface area contributed by atoms with Crippen LogP contribution >= 0.6 is 0 Å². The Morgan fingerprint density at radius 3 is 0.516 bits per heavy atom. The predicted molar refractivity (Wildman–Crippen MR) is 270 cm³/mol. The summed E-state index contributed by atoms with van der Waals surface area (Å²) in [6.07, 6.45) is 12.0. The van der Waals surface area contributed by atoms with Crippen molar-refractivity contribution in [2.75, 3.05) is 0 Å². The lowest BCUT2D eigenvalue weighted by Gasteiger charge is -2.30. The third-order valence-corrected chi connectivity index (χ3v) is 12.3. The zero-order chi connectivity index (χ0) is 44.8. The zero-order valence-electron chi connectivity index (χ0n) is 39.0. The largest absolute Gasteiger partial charge is 0.115 e. The van der Waals surface area contributed by atoms with Gasteiger partial charge in [-0.05, 0) is 135 Å². The molecule has 0 fully saturated rings. The van der Waals surface area contributed by atoms with E-state index in [4.69, 9.17) is 12.8 Å². The van der Waals surface area contributed by atoms with Crippen molar-refractivity contribution in [2.24, 2.45) is 0 Å². The van der Waals surface area contributed by atoms with Gasteiger partial charge in [0.25, 0.3) is 0 Å². The molecule has 0 heterocycles. The molecular weight excluding hydrogens is 745 g/mol. The van der Waals surface area contributed by atoms with E-state index in [1.165, 1.54) is 44.5 Å². The molecule has 7 aromatic rings. The molecule has 0 nitrogen and oxygen atoms in total. The second kappa shape index (κ2) is 16.5. The maximum Gasteiger partial charge on any atom is 0.0243 e. The summed E-state index contributed by atoms with van der Waals surface area (Å²) in [4.78, 5) is 0. The average molecular weight is 807 g/mol. The molecule has 0 atom stereocenters. The van der Waals surface area contributed by atoms with Crippen molar-refractivity contribution in [3.63, 3.8) is 0 Å². The highest BCUT2D eigenvalue weighted by Crippen LogP contribution is 2.56. The zero-order valence-corrected chi connectivity index (χ0v) is 39.0. The molecule has 0 aliphatic rings. The summed E-state index contributed by atoms with van der Waals surface area (Å²) in [6.45, 7) is 27.3. The number of hydrogen-bond acceptors (Lipinski definition) is 0. The van der Waals surface area contributed by atoms with Crippen molar-refractivity contribution in [2.45, 2.75) is 105 Å². The minimum absolute atomic E-state index is 0.00893. The van der Waals surface area contributed by atoms with E-state index in [9.17, 15) is 0 Å². The minimum atomic E-state index is -0.00893. The number of benzene rings is 7. The molecular formula is C62H62. The summed E-state index contributed by atoms with van der Waals surface area (Å²) < 4.78 is 0.